The highest BCUT2D eigenvalue weighted by Gasteiger charge is 2.48. The first-order valence-corrected chi connectivity index (χ1v) is 9.35. The number of ether oxygens (including phenoxy) is 2. The van der Waals surface area contributed by atoms with Crippen molar-refractivity contribution in [2.24, 2.45) is 11.8 Å². The third kappa shape index (κ3) is 3.34. The number of likely N-dealkylation sites (tertiary alicyclic amines) is 1. The van der Waals surface area contributed by atoms with E-state index < -0.39 is 5.60 Å². The fourth-order valence-corrected chi connectivity index (χ4v) is 4.49. The topological polar surface area (TPSA) is 59.0 Å². The maximum atomic E-state index is 13.0. The predicted octanol–water partition coefficient (Wildman–Crippen LogP) is 3.11. The minimum atomic E-state index is -0.617. The van der Waals surface area contributed by atoms with Crippen molar-refractivity contribution >= 4 is 5.91 Å². The van der Waals surface area contributed by atoms with Gasteiger partial charge in [-0.15, -0.1) is 0 Å². The van der Waals surface area contributed by atoms with Crippen LogP contribution in [-0.2, 0) is 0 Å². The molecule has 1 heterocycles. The number of carbonyl (C=O) groups is 1. The lowest BCUT2D eigenvalue weighted by atomic mass is 9.69. The summed E-state index contributed by atoms with van der Waals surface area (Å²) in [5, 5.41) is 10.9. The zero-order chi connectivity index (χ0) is 18.0. The number of rotatable bonds is 5. The second-order valence-electron chi connectivity index (χ2n) is 7.22. The Bertz CT molecular complexity index is 632. The van der Waals surface area contributed by atoms with Gasteiger partial charge in [0.15, 0.2) is 11.5 Å². The number of carbonyl (C=O) groups excluding carboxylic acids is 1. The molecule has 3 atom stereocenters. The number of methoxy groups -OCH3 is 1. The van der Waals surface area contributed by atoms with Crippen LogP contribution in [0.4, 0.5) is 0 Å². The molecule has 0 aromatic heterocycles. The Morgan fingerprint density at radius 3 is 2.80 bits per heavy atom. The van der Waals surface area contributed by atoms with Crippen molar-refractivity contribution in [3.63, 3.8) is 0 Å². The Hall–Kier alpha value is -1.75. The number of benzene rings is 1. The zero-order valence-corrected chi connectivity index (χ0v) is 15.5. The van der Waals surface area contributed by atoms with Gasteiger partial charge in [-0.1, -0.05) is 13.3 Å². The molecule has 2 aliphatic rings. The Balaban J connectivity index is 1.78. The first-order valence-electron chi connectivity index (χ1n) is 9.35. The average Bonchev–Trinajstić information content (AvgIpc) is 3.07. The highest BCUT2D eigenvalue weighted by atomic mass is 16.5. The van der Waals surface area contributed by atoms with Crippen molar-refractivity contribution in [1.29, 1.82) is 0 Å². The van der Waals surface area contributed by atoms with Crippen molar-refractivity contribution in [2.45, 2.75) is 45.1 Å². The highest BCUT2D eigenvalue weighted by Crippen LogP contribution is 2.44. The summed E-state index contributed by atoms with van der Waals surface area (Å²) in [5.41, 5.74) is -0.00643. The standard InChI is InChI=1S/C20H29NO4/c1-4-20(23)10-6-7-15-12-21(13-16(15)20)19(22)14-8-9-17(25-5-2)18(11-14)24-3/h8-9,11,15-16,23H,4-7,10,12-13H2,1-3H3/t15-,16+,20-/m1/s1. The lowest BCUT2D eigenvalue weighted by Gasteiger charge is -2.40. The molecular formula is C20H29NO4. The number of hydrogen-bond donors (Lipinski definition) is 1. The first-order chi connectivity index (χ1) is 12.0. The van der Waals surface area contributed by atoms with Gasteiger partial charge in [0.25, 0.3) is 5.91 Å². The van der Waals surface area contributed by atoms with E-state index in [1.165, 1.54) is 0 Å². The van der Waals surface area contributed by atoms with Crippen LogP contribution in [0.2, 0.25) is 0 Å². The molecule has 1 aliphatic carbocycles. The van der Waals surface area contributed by atoms with Crippen LogP contribution in [0.25, 0.3) is 0 Å². The van der Waals surface area contributed by atoms with E-state index in [0.29, 0.717) is 36.1 Å². The number of hydrogen-bond acceptors (Lipinski definition) is 4. The number of aliphatic hydroxyl groups is 1. The molecule has 5 heteroatoms. The van der Waals surface area contributed by atoms with E-state index in [-0.39, 0.29) is 11.8 Å². The fraction of sp³-hybridized carbons (Fsp3) is 0.650. The van der Waals surface area contributed by atoms with Gasteiger partial charge in [0.05, 0.1) is 19.3 Å². The van der Waals surface area contributed by atoms with Crippen LogP contribution >= 0.6 is 0 Å². The molecule has 0 unspecified atom stereocenters. The van der Waals surface area contributed by atoms with Gasteiger partial charge >= 0.3 is 0 Å². The van der Waals surface area contributed by atoms with E-state index >= 15 is 0 Å². The van der Waals surface area contributed by atoms with Gasteiger partial charge in [0, 0.05) is 24.6 Å². The Kier molecular flexibility index (Phi) is 5.23. The van der Waals surface area contributed by atoms with Gasteiger partial charge in [-0.25, -0.2) is 0 Å². The van der Waals surface area contributed by atoms with Gasteiger partial charge in [-0.2, -0.15) is 0 Å². The van der Waals surface area contributed by atoms with E-state index in [1.807, 2.05) is 18.7 Å². The Morgan fingerprint density at radius 1 is 1.32 bits per heavy atom. The van der Waals surface area contributed by atoms with Crippen molar-refractivity contribution in [3.05, 3.63) is 23.8 Å². The Morgan fingerprint density at radius 2 is 2.12 bits per heavy atom. The number of amides is 1. The predicted molar refractivity (Wildman–Crippen MR) is 96.1 cm³/mol. The van der Waals surface area contributed by atoms with Crippen LogP contribution in [0.15, 0.2) is 18.2 Å². The van der Waals surface area contributed by atoms with Gasteiger partial charge in [-0.05, 0) is 50.3 Å². The van der Waals surface area contributed by atoms with Gasteiger partial charge in [-0.3, -0.25) is 4.79 Å². The van der Waals surface area contributed by atoms with Crippen LogP contribution < -0.4 is 9.47 Å². The van der Waals surface area contributed by atoms with Crippen molar-refractivity contribution in [1.82, 2.24) is 4.90 Å². The summed E-state index contributed by atoms with van der Waals surface area (Å²) in [6.07, 6.45) is 3.75. The third-order valence-electron chi connectivity index (χ3n) is 5.93. The summed E-state index contributed by atoms with van der Waals surface area (Å²) in [5.74, 6) is 1.84. The molecule has 1 saturated carbocycles. The summed E-state index contributed by atoms with van der Waals surface area (Å²) in [4.78, 5) is 14.9. The molecule has 1 amide bonds. The van der Waals surface area contributed by atoms with Crippen LogP contribution in [0.1, 0.15) is 49.9 Å². The van der Waals surface area contributed by atoms with E-state index in [1.54, 1.807) is 25.3 Å². The minimum absolute atomic E-state index is 0.00852. The maximum Gasteiger partial charge on any atom is 0.254 e. The molecule has 25 heavy (non-hydrogen) atoms. The second-order valence-corrected chi connectivity index (χ2v) is 7.22. The molecule has 0 radical (unpaired) electrons. The van der Waals surface area contributed by atoms with Crippen molar-refractivity contribution < 1.29 is 19.4 Å². The summed E-state index contributed by atoms with van der Waals surface area (Å²) in [7, 11) is 1.58. The largest absolute Gasteiger partial charge is 0.493 e. The minimum Gasteiger partial charge on any atom is -0.493 e. The third-order valence-corrected chi connectivity index (χ3v) is 5.93. The summed E-state index contributed by atoms with van der Waals surface area (Å²) < 4.78 is 10.9. The molecule has 138 valence electrons. The van der Waals surface area contributed by atoms with E-state index in [4.69, 9.17) is 9.47 Å². The van der Waals surface area contributed by atoms with E-state index in [2.05, 4.69) is 0 Å². The van der Waals surface area contributed by atoms with Crippen molar-refractivity contribution in [3.8, 4) is 11.5 Å². The zero-order valence-electron chi connectivity index (χ0n) is 15.5. The lowest BCUT2D eigenvalue weighted by Crippen LogP contribution is -2.44. The molecule has 1 aromatic carbocycles. The smallest absolute Gasteiger partial charge is 0.254 e. The SMILES string of the molecule is CCOc1ccc(C(=O)N2C[C@H]3CCC[C@](O)(CC)[C@H]3C2)cc1OC. The molecule has 2 fully saturated rings. The van der Waals surface area contributed by atoms with Crippen LogP contribution in [0, 0.1) is 11.8 Å². The fourth-order valence-electron chi connectivity index (χ4n) is 4.49. The van der Waals surface area contributed by atoms with Gasteiger partial charge < -0.3 is 19.5 Å². The number of nitrogens with zero attached hydrogens (tertiary/aromatic N) is 1. The molecule has 0 bridgehead atoms. The lowest BCUT2D eigenvalue weighted by molar-refractivity contribution is -0.0609. The van der Waals surface area contributed by atoms with E-state index in [9.17, 15) is 9.90 Å². The Labute approximate surface area is 149 Å². The summed E-state index contributed by atoms with van der Waals surface area (Å²) >= 11 is 0. The van der Waals surface area contributed by atoms with Crippen LogP contribution in [0.3, 0.4) is 0 Å². The molecule has 1 saturated heterocycles. The molecule has 0 spiro atoms. The first kappa shape index (κ1) is 18.1. The highest BCUT2D eigenvalue weighted by molar-refractivity contribution is 5.95. The van der Waals surface area contributed by atoms with Crippen LogP contribution in [-0.4, -0.2) is 48.3 Å². The quantitative estimate of drug-likeness (QED) is 0.889. The monoisotopic (exact) mass is 347 g/mol. The molecule has 3 rings (SSSR count). The molecule has 1 N–H and O–H groups in total. The second kappa shape index (κ2) is 7.24. The van der Waals surface area contributed by atoms with Crippen molar-refractivity contribution in [2.75, 3.05) is 26.8 Å². The number of fused-ring (bicyclic) bond motifs is 1. The molecule has 1 aliphatic heterocycles. The summed E-state index contributed by atoms with van der Waals surface area (Å²) in [6.45, 7) is 5.89. The maximum absolute atomic E-state index is 13.0. The van der Waals surface area contributed by atoms with Gasteiger partial charge in [0.1, 0.15) is 0 Å². The molecular weight excluding hydrogens is 318 g/mol. The van der Waals surface area contributed by atoms with Crippen LogP contribution in [0.5, 0.6) is 11.5 Å². The normalized spacial score (nSPS) is 28.6. The van der Waals surface area contributed by atoms with E-state index in [0.717, 1.165) is 32.2 Å². The molecule has 1 aromatic rings. The molecule has 5 nitrogen and oxygen atoms in total. The summed E-state index contributed by atoms with van der Waals surface area (Å²) in [6, 6.07) is 5.34. The average molecular weight is 347 g/mol. The van der Waals surface area contributed by atoms with Gasteiger partial charge in [0.2, 0.25) is 0 Å².